The van der Waals surface area contributed by atoms with E-state index in [4.69, 9.17) is 23.8 Å². The molecule has 0 atom stereocenters. The summed E-state index contributed by atoms with van der Waals surface area (Å²) in [5.74, 6) is 1.99. The van der Waals surface area contributed by atoms with Crippen LogP contribution in [0.5, 0.6) is 0 Å². The quantitative estimate of drug-likeness (QED) is 0.348. The smallest absolute Gasteiger partial charge is 0.225 e. The van der Waals surface area contributed by atoms with Crippen molar-refractivity contribution in [1.29, 1.82) is 0 Å². The minimum absolute atomic E-state index is 0.135. The van der Waals surface area contributed by atoms with E-state index in [1.807, 2.05) is 49.4 Å². The zero-order chi connectivity index (χ0) is 26.1. The summed E-state index contributed by atoms with van der Waals surface area (Å²) < 4.78 is 13.4. The summed E-state index contributed by atoms with van der Waals surface area (Å²) in [4.78, 5) is 12.2. The summed E-state index contributed by atoms with van der Waals surface area (Å²) in [5, 5.41) is 6.92. The number of benzene rings is 3. The van der Waals surface area contributed by atoms with Gasteiger partial charge in [-0.3, -0.25) is 4.79 Å². The van der Waals surface area contributed by atoms with Gasteiger partial charge < -0.3 is 16.4 Å². The molecule has 0 spiro atoms. The summed E-state index contributed by atoms with van der Waals surface area (Å²) in [6.45, 7) is 7.12. The van der Waals surface area contributed by atoms with Crippen molar-refractivity contribution in [2.45, 2.75) is 31.7 Å². The fourth-order valence-corrected chi connectivity index (χ4v) is 4.47. The van der Waals surface area contributed by atoms with Crippen molar-refractivity contribution in [3.05, 3.63) is 101 Å². The molecule has 36 heavy (non-hydrogen) atoms. The first-order valence-corrected chi connectivity index (χ1v) is 12.2. The number of carbonyl (C=O) groups is 1. The van der Waals surface area contributed by atoms with Crippen molar-refractivity contribution in [3.63, 3.8) is 0 Å². The molecule has 0 radical (unpaired) electrons. The highest BCUT2D eigenvalue weighted by Gasteiger charge is 2.46. The monoisotopic (exact) mass is 503 g/mol. The van der Waals surface area contributed by atoms with Crippen molar-refractivity contribution in [2.24, 2.45) is 5.73 Å². The number of hydrogen-bond acceptors (Lipinski definition) is 3. The molecule has 1 fully saturated rings. The largest absolute Gasteiger partial charge is 0.375 e. The van der Waals surface area contributed by atoms with Gasteiger partial charge in [0.1, 0.15) is 5.82 Å². The lowest BCUT2D eigenvalue weighted by atomic mass is 9.96. The third kappa shape index (κ3) is 6.54. The third-order valence-electron chi connectivity index (χ3n) is 5.89. The molecule has 0 aromatic heterocycles. The van der Waals surface area contributed by atoms with Crippen LogP contribution in [0.2, 0.25) is 5.02 Å². The topological polar surface area (TPSA) is 67.2 Å². The highest BCUT2D eigenvalue weighted by atomic mass is 35.5. The van der Waals surface area contributed by atoms with E-state index < -0.39 is 0 Å². The van der Waals surface area contributed by atoms with E-state index in [-0.39, 0.29) is 30.2 Å². The fraction of sp³-hybridized carbons (Fsp3) is 0.233. The molecule has 186 valence electrons. The number of terminal acetylenes is 1. The number of nitrogens with two attached hydrogens (primary N) is 1. The molecule has 1 amide bonds. The van der Waals surface area contributed by atoms with Crippen molar-refractivity contribution >= 4 is 23.2 Å². The number of nitrogens with one attached hydrogen (secondary N) is 2. The molecule has 6 heteroatoms. The van der Waals surface area contributed by atoms with Crippen LogP contribution >= 0.6 is 11.6 Å². The second kappa shape index (κ2) is 12.4. The lowest BCUT2D eigenvalue weighted by Gasteiger charge is -2.24. The fourth-order valence-electron chi connectivity index (χ4n) is 4.05. The van der Waals surface area contributed by atoms with Gasteiger partial charge in [0.05, 0.1) is 23.5 Å². The van der Waals surface area contributed by atoms with Crippen LogP contribution in [0.15, 0.2) is 73.3 Å². The molecule has 1 aliphatic rings. The molecule has 0 unspecified atom stereocenters. The van der Waals surface area contributed by atoms with Gasteiger partial charge in [0, 0.05) is 16.8 Å². The molecule has 4 nitrogen and oxygen atoms in total. The minimum Gasteiger partial charge on any atom is -0.375 e. The SMILES string of the molecule is C#CCNC(=O)Cc1ccccc1C(=C)NC1(c2cccc(-c3ccc(F)cc3)c2Cl)CC1.CCN. The Morgan fingerprint density at radius 2 is 1.81 bits per heavy atom. The number of rotatable bonds is 8. The number of hydrogen-bond donors (Lipinski definition) is 3. The molecule has 1 aliphatic carbocycles. The van der Waals surface area contributed by atoms with Gasteiger partial charge in [-0.05, 0) is 48.2 Å². The number of carbonyl (C=O) groups excluding carboxylic acids is 1. The van der Waals surface area contributed by atoms with Crippen LogP contribution in [-0.2, 0) is 16.8 Å². The molecule has 3 aromatic rings. The standard InChI is InChI=1S/C28H24ClFN2O.C2H7N/c1-3-17-31-26(33)18-21-7-4-5-8-23(21)19(2)32-28(15-16-28)25-10-6-9-24(27(25)29)20-11-13-22(30)14-12-20;1-2-3/h1,4-14,32H,2,15-18H2,(H,31,33);2-3H2,1H3. The Morgan fingerprint density at radius 1 is 1.14 bits per heavy atom. The van der Waals surface area contributed by atoms with Crippen LogP contribution in [-0.4, -0.2) is 19.0 Å². The Hall–Kier alpha value is -3.59. The van der Waals surface area contributed by atoms with Crippen LogP contribution in [0.25, 0.3) is 16.8 Å². The molecule has 0 heterocycles. The summed E-state index contributed by atoms with van der Waals surface area (Å²) >= 11 is 6.85. The third-order valence-corrected chi connectivity index (χ3v) is 6.30. The van der Waals surface area contributed by atoms with Gasteiger partial charge >= 0.3 is 0 Å². The van der Waals surface area contributed by atoms with Gasteiger partial charge in [0.15, 0.2) is 0 Å². The average Bonchev–Trinajstić information content (AvgIpc) is 3.64. The maximum Gasteiger partial charge on any atom is 0.225 e. The summed E-state index contributed by atoms with van der Waals surface area (Å²) in [5.41, 5.74) is 9.70. The van der Waals surface area contributed by atoms with Crippen molar-refractivity contribution < 1.29 is 9.18 Å². The van der Waals surface area contributed by atoms with Crippen molar-refractivity contribution in [2.75, 3.05) is 13.1 Å². The highest BCUT2D eigenvalue weighted by Crippen LogP contribution is 2.51. The first kappa shape index (κ1) is 27.0. The van der Waals surface area contributed by atoms with Gasteiger partial charge in [-0.25, -0.2) is 4.39 Å². The van der Waals surface area contributed by atoms with E-state index in [9.17, 15) is 9.18 Å². The normalized spacial score (nSPS) is 13.0. The molecule has 0 saturated heterocycles. The summed E-state index contributed by atoms with van der Waals surface area (Å²) in [6, 6.07) is 19.9. The Kier molecular flexibility index (Phi) is 9.30. The van der Waals surface area contributed by atoms with Gasteiger partial charge in [0.2, 0.25) is 5.91 Å². The zero-order valence-electron chi connectivity index (χ0n) is 20.4. The second-order valence-corrected chi connectivity index (χ2v) is 8.96. The highest BCUT2D eigenvalue weighted by molar-refractivity contribution is 6.34. The van der Waals surface area contributed by atoms with Crippen molar-refractivity contribution in [1.82, 2.24) is 10.6 Å². The first-order chi connectivity index (χ1) is 17.3. The lowest BCUT2D eigenvalue weighted by Crippen LogP contribution is -2.29. The maximum atomic E-state index is 13.4. The van der Waals surface area contributed by atoms with Gasteiger partial charge in [-0.2, -0.15) is 0 Å². The predicted octanol–water partition coefficient (Wildman–Crippen LogP) is 5.65. The van der Waals surface area contributed by atoms with Gasteiger partial charge in [-0.1, -0.05) is 85.6 Å². The maximum absolute atomic E-state index is 13.4. The van der Waals surface area contributed by atoms with Crippen LogP contribution < -0.4 is 16.4 Å². The number of halogens is 2. The number of amides is 1. The van der Waals surface area contributed by atoms with Crippen LogP contribution in [0.4, 0.5) is 4.39 Å². The average molecular weight is 504 g/mol. The Balaban J connectivity index is 0.00000115. The minimum atomic E-state index is -0.330. The molecular weight excluding hydrogens is 473 g/mol. The van der Waals surface area contributed by atoms with E-state index in [0.29, 0.717) is 5.02 Å². The van der Waals surface area contributed by atoms with E-state index in [0.717, 1.165) is 52.9 Å². The van der Waals surface area contributed by atoms with E-state index in [1.165, 1.54) is 12.1 Å². The lowest BCUT2D eigenvalue weighted by molar-refractivity contribution is -0.120. The van der Waals surface area contributed by atoms with E-state index in [2.05, 4.69) is 23.1 Å². The first-order valence-electron chi connectivity index (χ1n) is 11.9. The molecule has 4 N–H and O–H groups in total. The Morgan fingerprint density at radius 3 is 2.44 bits per heavy atom. The van der Waals surface area contributed by atoms with E-state index >= 15 is 0 Å². The summed E-state index contributed by atoms with van der Waals surface area (Å²) in [7, 11) is 0. The van der Waals surface area contributed by atoms with Crippen LogP contribution in [0.1, 0.15) is 36.5 Å². The zero-order valence-corrected chi connectivity index (χ0v) is 21.2. The van der Waals surface area contributed by atoms with Crippen LogP contribution in [0, 0.1) is 18.2 Å². The molecule has 1 saturated carbocycles. The molecular formula is C30H31ClFN3O. The summed E-state index contributed by atoms with van der Waals surface area (Å²) in [6.07, 6.45) is 7.26. The predicted molar refractivity (Wildman–Crippen MR) is 147 cm³/mol. The molecule has 4 rings (SSSR count). The van der Waals surface area contributed by atoms with E-state index in [1.54, 1.807) is 12.1 Å². The van der Waals surface area contributed by atoms with Crippen molar-refractivity contribution in [3.8, 4) is 23.5 Å². The Labute approximate surface area is 217 Å². The van der Waals surface area contributed by atoms with Gasteiger partial charge in [0.25, 0.3) is 0 Å². The molecule has 3 aromatic carbocycles. The molecule has 0 aliphatic heterocycles. The second-order valence-electron chi connectivity index (χ2n) is 8.58. The van der Waals surface area contributed by atoms with Crippen LogP contribution in [0.3, 0.4) is 0 Å². The Bertz CT molecular complexity index is 1260. The van der Waals surface area contributed by atoms with Gasteiger partial charge in [-0.15, -0.1) is 6.42 Å². The molecule has 0 bridgehead atoms.